The molecular weight excluding hydrogens is 254 g/mol. The molecular formula is C12H19NO4S. The van der Waals surface area contributed by atoms with Gasteiger partial charge in [0.1, 0.15) is 9.84 Å². The van der Waals surface area contributed by atoms with Crippen LogP contribution in [0.3, 0.4) is 0 Å². The number of benzene rings is 1. The highest BCUT2D eigenvalue weighted by Gasteiger charge is 2.19. The molecule has 1 atom stereocenters. The molecule has 0 fully saturated rings. The maximum Gasteiger partial charge on any atom is 0.165 e. The van der Waals surface area contributed by atoms with E-state index in [1.54, 1.807) is 18.2 Å². The van der Waals surface area contributed by atoms with Crippen LogP contribution >= 0.6 is 0 Å². The quantitative estimate of drug-likeness (QED) is 0.840. The van der Waals surface area contributed by atoms with Gasteiger partial charge in [-0.25, -0.2) is 8.42 Å². The predicted octanol–water partition coefficient (Wildman–Crippen LogP) is 1.14. The Kier molecular flexibility index (Phi) is 4.98. The number of para-hydroxylation sites is 1. The van der Waals surface area contributed by atoms with Crippen LogP contribution in [0.15, 0.2) is 18.2 Å². The Balaban J connectivity index is 3.11. The van der Waals surface area contributed by atoms with Crippen molar-refractivity contribution < 1.29 is 17.9 Å². The molecule has 102 valence electrons. The fraction of sp³-hybridized carbons (Fsp3) is 0.500. The van der Waals surface area contributed by atoms with Crippen LogP contribution in [0.4, 0.5) is 0 Å². The van der Waals surface area contributed by atoms with Gasteiger partial charge in [0.25, 0.3) is 0 Å². The van der Waals surface area contributed by atoms with E-state index in [9.17, 15) is 8.42 Å². The molecule has 1 aromatic carbocycles. The molecule has 0 aliphatic carbocycles. The zero-order valence-corrected chi connectivity index (χ0v) is 11.7. The highest BCUT2D eigenvalue weighted by Crippen LogP contribution is 2.34. The largest absolute Gasteiger partial charge is 0.493 e. The van der Waals surface area contributed by atoms with Crippen LogP contribution in [-0.4, -0.2) is 34.1 Å². The molecule has 18 heavy (non-hydrogen) atoms. The Hall–Kier alpha value is -1.27. The van der Waals surface area contributed by atoms with E-state index >= 15 is 0 Å². The third-order valence-electron chi connectivity index (χ3n) is 2.40. The lowest BCUT2D eigenvalue weighted by Crippen LogP contribution is -2.21. The first kappa shape index (κ1) is 14.8. The highest BCUT2D eigenvalue weighted by molar-refractivity contribution is 7.90. The average molecular weight is 273 g/mol. The van der Waals surface area contributed by atoms with Crippen LogP contribution in [0.2, 0.25) is 0 Å². The lowest BCUT2D eigenvalue weighted by Gasteiger charge is -2.17. The minimum Gasteiger partial charge on any atom is -0.493 e. The Morgan fingerprint density at radius 1 is 1.39 bits per heavy atom. The van der Waals surface area contributed by atoms with Crippen LogP contribution in [0, 0.1) is 0 Å². The number of sulfone groups is 1. The van der Waals surface area contributed by atoms with Gasteiger partial charge in [0.05, 0.1) is 19.5 Å². The van der Waals surface area contributed by atoms with Crippen molar-refractivity contribution in [2.45, 2.75) is 13.0 Å². The first-order valence-corrected chi connectivity index (χ1v) is 7.68. The van der Waals surface area contributed by atoms with Crippen molar-refractivity contribution in [2.75, 3.05) is 25.7 Å². The molecule has 0 aliphatic heterocycles. The summed E-state index contributed by atoms with van der Waals surface area (Å²) >= 11 is 0. The lowest BCUT2D eigenvalue weighted by atomic mass is 10.1. The summed E-state index contributed by atoms with van der Waals surface area (Å²) in [6, 6.07) is 4.65. The SMILES string of the molecule is CCOc1cccc(C(N)CS(C)(=O)=O)c1OC. The molecule has 0 bridgehead atoms. The van der Waals surface area contributed by atoms with E-state index in [0.29, 0.717) is 23.7 Å². The molecule has 2 N–H and O–H groups in total. The van der Waals surface area contributed by atoms with E-state index in [1.165, 1.54) is 7.11 Å². The van der Waals surface area contributed by atoms with E-state index in [-0.39, 0.29) is 5.75 Å². The van der Waals surface area contributed by atoms with E-state index < -0.39 is 15.9 Å². The molecule has 0 amide bonds. The van der Waals surface area contributed by atoms with E-state index in [4.69, 9.17) is 15.2 Å². The maximum atomic E-state index is 11.3. The summed E-state index contributed by atoms with van der Waals surface area (Å²) in [7, 11) is -1.63. The van der Waals surface area contributed by atoms with Crippen LogP contribution in [0.1, 0.15) is 18.5 Å². The average Bonchev–Trinajstić information content (AvgIpc) is 2.27. The fourth-order valence-corrected chi connectivity index (χ4v) is 2.56. The first-order chi connectivity index (χ1) is 8.39. The second-order valence-electron chi connectivity index (χ2n) is 4.01. The van der Waals surface area contributed by atoms with Crippen LogP contribution < -0.4 is 15.2 Å². The third kappa shape index (κ3) is 3.89. The van der Waals surface area contributed by atoms with Gasteiger partial charge >= 0.3 is 0 Å². The molecule has 6 heteroatoms. The monoisotopic (exact) mass is 273 g/mol. The second kappa shape index (κ2) is 6.06. The van der Waals surface area contributed by atoms with Gasteiger partial charge in [-0.1, -0.05) is 12.1 Å². The molecule has 0 spiro atoms. The van der Waals surface area contributed by atoms with E-state index in [1.807, 2.05) is 6.92 Å². The number of rotatable bonds is 6. The standard InChI is InChI=1S/C12H19NO4S/c1-4-17-11-7-5-6-9(12(11)16-2)10(13)8-18(3,14)15/h5-7,10H,4,8,13H2,1-3H3. The summed E-state index contributed by atoms with van der Waals surface area (Å²) in [5.41, 5.74) is 6.54. The second-order valence-corrected chi connectivity index (χ2v) is 6.20. The van der Waals surface area contributed by atoms with E-state index in [0.717, 1.165) is 6.26 Å². The lowest BCUT2D eigenvalue weighted by molar-refractivity contribution is 0.308. The third-order valence-corrected chi connectivity index (χ3v) is 3.36. The number of nitrogens with two attached hydrogens (primary N) is 1. The minimum atomic E-state index is -3.14. The van der Waals surface area contributed by atoms with Crippen molar-refractivity contribution in [1.29, 1.82) is 0 Å². The predicted molar refractivity (Wildman–Crippen MR) is 70.8 cm³/mol. The summed E-state index contributed by atoms with van der Waals surface area (Å²) in [5.74, 6) is 0.941. The molecule has 0 radical (unpaired) electrons. The van der Waals surface area contributed by atoms with Crippen molar-refractivity contribution in [2.24, 2.45) is 5.73 Å². The Labute approximate surface area is 108 Å². The maximum absolute atomic E-state index is 11.3. The number of hydrogen-bond acceptors (Lipinski definition) is 5. The zero-order chi connectivity index (χ0) is 13.8. The molecule has 0 aromatic heterocycles. The summed E-state index contributed by atoms with van der Waals surface area (Å²) in [4.78, 5) is 0. The van der Waals surface area contributed by atoms with Crippen molar-refractivity contribution >= 4 is 9.84 Å². The summed E-state index contributed by atoms with van der Waals surface area (Å²) in [6.07, 6.45) is 1.16. The summed E-state index contributed by atoms with van der Waals surface area (Å²) in [5, 5.41) is 0. The molecule has 1 unspecified atom stereocenters. The number of hydrogen-bond donors (Lipinski definition) is 1. The van der Waals surface area contributed by atoms with Gasteiger partial charge in [0.15, 0.2) is 11.5 Å². The van der Waals surface area contributed by atoms with Crippen molar-refractivity contribution in [1.82, 2.24) is 0 Å². The Morgan fingerprint density at radius 3 is 2.56 bits per heavy atom. The minimum absolute atomic E-state index is 0.126. The molecule has 1 rings (SSSR count). The van der Waals surface area contributed by atoms with Crippen molar-refractivity contribution in [3.8, 4) is 11.5 Å². The topological polar surface area (TPSA) is 78.6 Å². The fourth-order valence-electron chi connectivity index (χ4n) is 1.73. The molecule has 1 aromatic rings. The normalized spacial score (nSPS) is 13.1. The van der Waals surface area contributed by atoms with Gasteiger partial charge in [0, 0.05) is 17.9 Å². The van der Waals surface area contributed by atoms with Crippen LogP contribution in [-0.2, 0) is 9.84 Å². The molecule has 0 aliphatic rings. The first-order valence-electron chi connectivity index (χ1n) is 5.62. The Bertz CT molecular complexity index is 499. The van der Waals surface area contributed by atoms with Crippen molar-refractivity contribution in [3.05, 3.63) is 23.8 Å². The van der Waals surface area contributed by atoms with Crippen LogP contribution in [0.25, 0.3) is 0 Å². The van der Waals surface area contributed by atoms with Gasteiger partial charge < -0.3 is 15.2 Å². The van der Waals surface area contributed by atoms with E-state index in [2.05, 4.69) is 0 Å². The van der Waals surface area contributed by atoms with Gasteiger partial charge in [-0.2, -0.15) is 0 Å². The van der Waals surface area contributed by atoms with Gasteiger partial charge in [-0.05, 0) is 13.0 Å². The molecule has 0 saturated carbocycles. The summed E-state index contributed by atoms with van der Waals surface area (Å²) < 4.78 is 33.2. The van der Waals surface area contributed by atoms with Gasteiger partial charge in [-0.3, -0.25) is 0 Å². The zero-order valence-electron chi connectivity index (χ0n) is 10.8. The van der Waals surface area contributed by atoms with Crippen LogP contribution in [0.5, 0.6) is 11.5 Å². The van der Waals surface area contributed by atoms with Crippen molar-refractivity contribution in [3.63, 3.8) is 0 Å². The number of methoxy groups -OCH3 is 1. The van der Waals surface area contributed by atoms with Gasteiger partial charge in [-0.15, -0.1) is 0 Å². The molecule has 0 heterocycles. The Morgan fingerprint density at radius 2 is 2.06 bits per heavy atom. The van der Waals surface area contributed by atoms with Gasteiger partial charge in [0.2, 0.25) is 0 Å². The number of ether oxygens (including phenoxy) is 2. The highest BCUT2D eigenvalue weighted by atomic mass is 32.2. The summed E-state index contributed by atoms with van der Waals surface area (Å²) in [6.45, 7) is 2.36. The molecule has 0 saturated heterocycles. The smallest absolute Gasteiger partial charge is 0.165 e. The molecule has 5 nitrogen and oxygen atoms in total.